The molecule has 1 heterocycles. The Hall–Kier alpha value is -1.49. The molecule has 3 aliphatic carbocycles. The summed E-state index contributed by atoms with van der Waals surface area (Å²) >= 11 is 0. The molecule has 1 unspecified atom stereocenters. The molecule has 0 spiro atoms. The number of nitrogens with one attached hydrogen (secondary N) is 2. The van der Waals surface area contributed by atoms with Gasteiger partial charge in [0.2, 0.25) is 0 Å². The SMILES string of the molecule is CC(Cc1c[nH]c2ccccc12)NC12CC(C(F)(F)F)(C1)C2. The summed E-state index contributed by atoms with van der Waals surface area (Å²) in [6.07, 6.45) is -0.450. The fourth-order valence-corrected chi connectivity index (χ4v) is 4.45. The first-order valence-corrected chi connectivity index (χ1v) is 7.72. The van der Waals surface area contributed by atoms with E-state index in [1.807, 2.05) is 24.4 Å². The van der Waals surface area contributed by atoms with Crippen molar-refractivity contribution in [3.8, 4) is 0 Å². The van der Waals surface area contributed by atoms with Crippen molar-refractivity contribution in [2.24, 2.45) is 5.41 Å². The third-order valence-corrected chi connectivity index (χ3v) is 5.39. The van der Waals surface area contributed by atoms with Crippen molar-refractivity contribution in [3.63, 3.8) is 0 Å². The smallest absolute Gasteiger partial charge is 0.361 e. The van der Waals surface area contributed by atoms with E-state index in [0.29, 0.717) is 0 Å². The zero-order chi connectivity index (χ0) is 15.6. The maximum Gasteiger partial charge on any atom is 0.394 e. The number of hydrogen-bond donors (Lipinski definition) is 2. The van der Waals surface area contributed by atoms with Crippen molar-refractivity contribution in [3.05, 3.63) is 36.0 Å². The lowest BCUT2D eigenvalue weighted by molar-refractivity contribution is -0.340. The molecular weight excluding hydrogens is 289 g/mol. The number of alkyl halides is 3. The quantitative estimate of drug-likeness (QED) is 0.871. The van der Waals surface area contributed by atoms with Gasteiger partial charge in [0.15, 0.2) is 0 Å². The van der Waals surface area contributed by atoms with Gasteiger partial charge in [0.05, 0.1) is 5.41 Å². The van der Waals surface area contributed by atoms with E-state index in [2.05, 4.69) is 23.3 Å². The Bertz CT molecular complexity index is 696. The van der Waals surface area contributed by atoms with Crippen molar-refractivity contribution in [2.45, 2.75) is 50.4 Å². The maximum atomic E-state index is 12.9. The van der Waals surface area contributed by atoms with Crippen LogP contribution in [-0.4, -0.2) is 22.7 Å². The lowest BCUT2D eigenvalue weighted by Gasteiger charge is -2.71. The molecule has 5 heteroatoms. The van der Waals surface area contributed by atoms with Gasteiger partial charge in [-0.05, 0) is 44.2 Å². The monoisotopic (exact) mass is 308 g/mol. The van der Waals surface area contributed by atoms with Crippen LogP contribution in [0.25, 0.3) is 10.9 Å². The lowest BCUT2D eigenvalue weighted by atomic mass is 9.39. The molecule has 1 aromatic carbocycles. The van der Waals surface area contributed by atoms with Crippen LogP contribution < -0.4 is 5.32 Å². The van der Waals surface area contributed by atoms with Gasteiger partial charge in [-0.15, -0.1) is 0 Å². The number of para-hydroxylation sites is 1. The lowest BCUT2D eigenvalue weighted by Crippen LogP contribution is -2.79. The predicted octanol–water partition coefficient (Wildman–Crippen LogP) is 4.17. The van der Waals surface area contributed by atoms with Gasteiger partial charge in [-0.3, -0.25) is 0 Å². The van der Waals surface area contributed by atoms with E-state index in [9.17, 15) is 13.2 Å². The van der Waals surface area contributed by atoms with Gasteiger partial charge in [0.25, 0.3) is 0 Å². The van der Waals surface area contributed by atoms with Crippen LogP contribution in [0.3, 0.4) is 0 Å². The van der Waals surface area contributed by atoms with E-state index in [-0.39, 0.29) is 30.8 Å². The van der Waals surface area contributed by atoms with Gasteiger partial charge in [-0.2, -0.15) is 13.2 Å². The predicted molar refractivity (Wildman–Crippen MR) is 79.7 cm³/mol. The average Bonchev–Trinajstić information content (AvgIpc) is 2.74. The van der Waals surface area contributed by atoms with Gasteiger partial charge in [0.1, 0.15) is 0 Å². The highest BCUT2D eigenvalue weighted by molar-refractivity contribution is 5.83. The molecule has 1 atom stereocenters. The molecule has 2 bridgehead atoms. The van der Waals surface area contributed by atoms with Crippen LogP contribution in [0.15, 0.2) is 30.5 Å². The molecule has 0 amide bonds. The zero-order valence-corrected chi connectivity index (χ0v) is 12.4. The standard InChI is InChI=1S/C17H19F3N2/c1-11(6-12-7-21-14-5-3-2-4-13(12)14)22-16-8-15(9-16,10-16)17(18,19)20/h2-5,7,11,21-22H,6,8-10H2,1H3. The van der Waals surface area contributed by atoms with Gasteiger partial charge >= 0.3 is 6.18 Å². The molecule has 118 valence electrons. The second kappa shape index (κ2) is 4.28. The van der Waals surface area contributed by atoms with Crippen molar-refractivity contribution in [1.82, 2.24) is 10.3 Å². The first kappa shape index (κ1) is 14.1. The number of aromatic amines is 1. The molecule has 1 aromatic heterocycles. The van der Waals surface area contributed by atoms with Crippen LogP contribution in [0.4, 0.5) is 13.2 Å². The molecule has 3 aliphatic rings. The highest BCUT2D eigenvalue weighted by Gasteiger charge is 2.78. The van der Waals surface area contributed by atoms with E-state index in [0.717, 1.165) is 11.9 Å². The zero-order valence-electron chi connectivity index (χ0n) is 12.4. The minimum absolute atomic E-state index is 0.172. The summed E-state index contributed by atoms with van der Waals surface area (Å²) in [6, 6.07) is 8.28. The fourth-order valence-electron chi connectivity index (χ4n) is 4.45. The Balaban J connectivity index is 1.40. The molecule has 2 nitrogen and oxygen atoms in total. The van der Waals surface area contributed by atoms with Gasteiger partial charge in [-0.1, -0.05) is 18.2 Å². The topological polar surface area (TPSA) is 27.8 Å². The van der Waals surface area contributed by atoms with Crippen LogP contribution in [0, 0.1) is 5.41 Å². The van der Waals surface area contributed by atoms with Gasteiger partial charge in [0, 0.05) is 28.7 Å². The third-order valence-electron chi connectivity index (χ3n) is 5.39. The molecule has 5 rings (SSSR count). The van der Waals surface area contributed by atoms with Crippen LogP contribution in [-0.2, 0) is 6.42 Å². The second-order valence-corrected chi connectivity index (χ2v) is 7.20. The molecule has 0 saturated heterocycles. The summed E-state index contributed by atoms with van der Waals surface area (Å²) in [5.41, 5.74) is 0.681. The van der Waals surface area contributed by atoms with Crippen molar-refractivity contribution in [2.75, 3.05) is 0 Å². The summed E-state index contributed by atoms with van der Waals surface area (Å²) in [4.78, 5) is 3.24. The first-order chi connectivity index (χ1) is 10.3. The number of halogens is 3. The molecule has 2 N–H and O–H groups in total. The fraction of sp³-hybridized carbons (Fsp3) is 0.529. The second-order valence-electron chi connectivity index (χ2n) is 7.20. The van der Waals surface area contributed by atoms with Crippen molar-refractivity contribution >= 4 is 10.9 Å². The normalized spacial score (nSPS) is 31.6. The molecular formula is C17H19F3N2. The number of aromatic nitrogens is 1. The molecule has 3 fully saturated rings. The molecule has 0 radical (unpaired) electrons. The largest absolute Gasteiger partial charge is 0.394 e. The van der Waals surface area contributed by atoms with Gasteiger partial charge < -0.3 is 10.3 Å². The van der Waals surface area contributed by atoms with Crippen LogP contribution in [0.5, 0.6) is 0 Å². The number of rotatable bonds is 4. The minimum atomic E-state index is -4.03. The van der Waals surface area contributed by atoms with E-state index in [1.54, 1.807) is 0 Å². The summed E-state index contributed by atoms with van der Waals surface area (Å²) in [5.74, 6) is 0. The van der Waals surface area contributed by atoms with Crippen molar-refractivity contribution < 1.29 is 13.2 Å². The third kappa shape index (κ3) is 1.91. The van der Waals surface area contributed by atoms with Gasteiger partial charge in [-0.25, -0.2) is 0 Å². The molecule has 2 aromatic rings. The molecule has 0 aliphatic heterocycles. The number of H-pyrrole nitrogens is 1. The number of fused-ring (bicyclic) bond motifs is 1. The van der Waals surface area contributed by atoms with Crippen LogP contribution in [0.2, 0.25) is 0 Å². The van der Waals surface area contributed by atoms with E-state index < -0.39 is 11.6 Å². The molecule has 3 saturated carbocycles. The summed E-state index contributed by atoms with van der Waals surface area (Å²) in [7, 11) is 0. The van der Waals surface area contributed by atoms with Crippen molar-refractivity contribution in [1.29, 1.82) is 0 Å². The Morgan fingerprint density at radius 2 is 1.91 bits per heavy atom. The summed E-state index contributed by atoms with van der Waals surface area (Å²) in [6.45, 7) is 2.06. The van der Waals surface area contributed by atoms with Crippen LogP contribution in [0.1, 0.15) is 31.7 Å². The molecule has 22 heavy (non-hydrogen) atoms. The first-order valence-electron chi connectivity index (χ1n) is 7.72. The highest BCUT2D eigenvalue weighted by atomic mass is 19.4. The Labute approximate surface area is 127 Å². The maximum absolute atomic E-state index is 12.9. The Morgan fingerprint density at radius 1 is 1.23 bits per heavy atom. The average molecular weight is 308 g/mol. The van der Waals surface area contributed by atoms with E-state index >= 15 is 0 Å². The number of hydrogen-bond acceptors (Lipinski definition) is 1. The van der Waals surface area contributed by atoms with E-state index in [1.165, 1.54) is 10.9 Å². The Kier molecular flexibility index (Phi) is 2.75. The highest BCUT2D eigenvalue weighted by Crippen LogP contribution is 2.73. The summed E-state index contributed by atoms with van der Waals surface area (Å²) < 4.78 is 38.6. The van der Waals surface area contributed by atoms with Crippen LogP contribution >= 0.6 is 0 Å². The Morgan fingerprint density at radius 3 is 2.59 bits per heavy atom. The van der Waals surface area contributed by atoms with E-state index in [4.69, 9.17) is 0 Å². The minimum Gasteiger partial charge on any atom is -0.361 e. The number of benzene rings is 1. The summed E-state index contributed by atoms with van der Waals surface area (Å²) in [5, 5.41) is 4.64.